The molecule has 17 aromatic carbocycles. The van der Waals surface area contributed by atoms with Gasteiger partial charge in [0.1, 0.15) is 11.5 Å². The molecule has 18 heteroatoms. The van der Waals surface area contributed by atoms with Crippen molar-refractivity contribution in [3.8, 4) is 11.1 Å². The Morgan fingerprint density at radius 3 is 0.715 bits per heavy atom. The summed E-state index contributed by atoms with van der Waals surface area (Å²) in [6, 6.07) is 141. The predicted octanol–water partition coefficient (Wildman–Crippen LogP) is 26.2. The standard InChI is InChI=1S/C24H21F5.4C18H15P.C16H14F5NO2.Pd/c1-3-5-15-12-18-17-11-10-16(14-8-6-13(4-2)7-9-14)21(25)19(17)22(26)23(27)20(18)24(15,28)29;4*1-4-10-16(11-5-1)19(17-12-6-2-7-13-17)18-14-8-3-9-15-18;1-2-3-7-6-9-8-4-5-10(22(23)24)13(17)11(8)14(18)15(19)12(9)16(7,20)21;/h6-11,15H,3-5,12H2,1-2H3;4*1-15H;4-5,7,23-24H,2-3,6H2,1H3;. The van der Waals surface area contributed by atoms with E-state index in [1.165, 1.54) is 75.8 Å². The van der Waals surface area contributed by atoms with Crippen LogP contribution in [-0.4, -0.2) is 10.4 Å². The number of benzene rings is 17. The molecular weight excluding hydrogens is 1810 g/mol. The van der Waals surface area contributed by atoms with Crippen LogP contribution in [0.3, 0.4) is 0 Å². The van der Waals surface area contributed by atoms with Gasteiger partial charge < -0.3 is 0 Å². The average Bonchev–Trinajstić information content (AvgIpc) is 1.54. The molecule has 0 amide bonds. The molecule has 0 bridgehead atoms. The number of hydrogen-bond acceptors (Lipinski definition) is 3. The Kier molecular flexibility index (Phi) is 34.0. The predicted molar refractivity (Wildman–Crippen MR) is 521 cm³/mol. The molecule has 2 atom stereocenters. The second-order valence-electron chi connectivity index (χ2n) is 31.0. The third kappa shape index (κ3) is 22.3. The molecule has 2 aliphatic rings. The zero-order valence-corrected chi connectivity index (χ0v) is 76.7. The smallest absolute Gasteiger partial charge is 0.264 e. The van der Waals surface area contributed by atoms with Gasteiger partial charge in [-0.1, -0.05) is 440 Å². The summed E-state index contributed by atoms with van der Waals surface area (Å²) in [5.41, 5.74) is -1.15. The topological polar surface area (TPSA) is 43.7 Å². The van der Waals surface area contributed by atoms with Gasteiger partial charge in [0.15, 0.2) is 29.1 Å². The normalized spacial score (nSPS) is 13.6. The number of anilines is 1. The fourth-order valence-corrected chi connectivity index (χ4v) is 25.8. The third-order valence-electron chi connectivity index (χ3n) is 22.7. The van der Waals surface area contributed by atoms with E-state index in [-0.39, 0.29) is 73.6 Å². The van der Waals surface area contributed by atoms with Crippen molar-refractivity contribution in [1.29, 1.82) is 0 Å². The van der Waals surface area contributed by atoms with E-state index in [2.05, 4.69) is 364 Å². The van der Waals surface area contributed by atoms with Crippen molar-refractivity contribution in [1.82, 2.24) is 0 Å². The van der Waals surface area contributed by atoms with Gasteiger partial charge in [0.05, 0.1) is 21.9 Å². The molecule has 2 aliphatic carbocycles. The zero-order valence-electron chi connectivity index (χ0n) is 71.6. The first-order valence-electron chi connectivity index (χ1n) is 42.9. The van der Waals surface area contributed by atoms with Crippen molar-refractivity contribution in [2.75, 3.05) is 5.23 Å². The summed E-state index contributed by atoms with van der Waals surface area (Å²) in [6.07, 6.45) is 1.78. The molecule has 0 saturated carbocycles. The van der Waals surface area contributed by atoms with Gasteiger partial charge in [-0.25, -0.2) is 43.9 Å². The molecule has 0 radical (unpaired) electrons. The van der Waals surface area contributed by atoms with E-state index in [9.17, 15) is 39.5 Å². The minimum absolute atomic E-state index is 0. The van der Waals surface area contributed by atoms with Gasteiger partial charge in [-0.3, -0.25) is 10.4 Å². The van der Waals surface area contributed by atoms with E-state index in [1.54, 1.807) is 26.0 Å². The summed E-state index contributed by atoms with van der Waals surface area (Å²) in [7, 11) is -1.78. The van der Waals surface area contributed by atoms with E-state index in [0.717, 1.165) is 24.1 Å². The molecule has 0 spiro atoms. The number of fused-ring (bicyclic) bond motifs is 6. The molecule has 0 aliphatic heterocycles. The summed E-state index contributed by atoms with van der Waals surface area (Å²) < 4.78 is 146. The van der Waals surface area contributed by atoms with Gasteiger partial charge >= 0.3 is 0 Å². The fourth-order valence-electron chi connectivity index (χ4n) is 16.6. The van der Waals surface area contributed by atoms with Crippen molar-refractivity contribution in [2.24, 2.45) is 11.8 Å². The van der Waals surface area contributed by atoms with Crippen LogP contribution in [0.4, 0.5) is 49.6 Å². The molecule has 2 N–H and O–H groups in total. The minimum Gasteiger partial charge on any atom is -0.264 e. The Labute approximate surface area is 772 Å². The van der Waals surface area contributed by atoms with Crippen molar-refractivity contribution in [3.63, 3.8) is 0 Å². The summed E-state index contributed by atoms with van der Waals surface area (Å²) in [6.45, 7) is 5.47. The van der Waals surface area contributed by atoms with Crippen LogP contribution in [0.5, 0.6) is 0 Å². The average molecular weight is 1910 g/mol. The first kappa shape index (κ1) is 96.2. The van der Waals surface area contributed by atoms with Gasteiger partial charge in [-0.05, 0) is 167 Å². The van der Waals surface area contributed by atoms with Crippen LogP contribution in [-0.2, 0) is 51.5 Å². The maximum Gasteiger partial charge on any atom is 0.279 e. The first-order chi connectivity index (χ1) is 62.8. The molecule has 0 saturated heterocycles. The Morgan fingerprint density at radius 1 is 0.277 bits per heavy atom. The van der Waals surface area contributed by atoms with E-state index < -0.39 is 123 Å². The Bertz CT molecular complexity index is 5580. The summed E-state index contributed by atoms with van der Waals surface area (Å²) in [5, 5.41) is 32.5. The quantitative estimate of drug-likeness (QED) is 0.0367. The van der Waals surface area contributed by atoms with E-state index >= 15 is 4.39 Å². The number of nitrogens with zero attached hydrogens (tertiary/aromatic N) is 1. The van der Waals surface area contributed by atoms with Crippen LogP contribution in [0, 0.1) is 46.7 Å². The molecule has 0 fully saturated rings. The number of halogens is 10. The first-order valence-corrected chi connectivity index (χ1v) is 48.3. The van der Waals surface area contributed by atoms with Gasteiger partial charge in [-0.2, -0.15) is 0 Å². The molecule has 0 aromatic heterocycles. The van der Waals surface area contributed by atoms with Crippen molar-refractivity contribution in [2.45, 2.75) is 77.6 Å². The van der Waals surface area contributed by atoms with E-state index in [1.807, 2.05) is 19.1 Å². The largest absolute Gasteiger partial charge is 0.279 e. The SMILES string of the molecule is CCCC1Cc2c(c(F)c(F)c3c(F)c(-c4ccc(CC)cc4)ccc23)C1(F)F.CCCC1Cc2c(c(F)c(F)c3c(F)c(N(O)O)ccc23)C1(F)F.[Pd].c1ccc(P(c2ccccc2)c2ccccc2)cc1.c1ccc(P(c2ccccc2)c2ccccc2)cc1.c1ccc(P(c2ccccc2)c2ccccc2)cc1.c1ccc(P(c2ccccc2)c2ccccc2)cc1. The van der Waals surface area contributed by atoms with E-state index in [0.29, 0.717) is 18.4 Å². The number of aryl methyl sites for hydroxylation is 1. The maximum absolute atomic E-state index is 15.3. The van der Waals surface area contributed by atoms with Gasteiger partial charge in [-0.15, -0.1) is 5.23 Å². The third-order valence-corrected chi connectivity index (χ3v) is 32.5. The number of alkyl halides is 4. The monoisotopic (exact) mass is 1910 g/mol. The van der Waals surface area contributed by atoms with Crippen LogP contribution in [0.25, 0.3) is 32.7 Å². The molecular formula is C112H95F10NO2P4Pd. The van der Waals surface area contributed by atoms with Crippen molar-refractivity contribution in [3.05, 3.63) is 475 Å². The summed E-state index contributed by atoms with van der Waals surface area (Å²) >= 11 is 0. The second-order valence-corrected chi connectivity index (χ2v) is 39.8. The molecule has 3 nitrogen and oxygen atoms in total. The summed E-state index contributed by atoms with van der Waals surface area (Å²) in [4.78, 5) is 0. The molecule has 19 rings (SSSR count). The number of hydrogen-bond donors (Lipinski definition) is 2. The zero-order chi connectivity index (χ0) is 90.4. The molecule has 0 heterocycles. The molecule has 660 valence electrons. The second kappa shape index (κ2) is 46.0. The van der Waals surface area contributed by atoms with Gasteiger partial charge in [0.25, 0.3) is 11.8 Å². The Hall–Kier alpha value is -11.3. The van der Waals surface area contributed by atoms with Crippen molar-refractivity contribution < 1.29 is 74.7 Å². The van der Waals surface area contributed by atoms with Crippen LogP contribution >= 0.6 is 31.7 Å². The molecule has 2 unspecified atom stereocenters. The number of rotatable bonds is 19. The van der Waals surface area contributed by atoms with Crippen LogP contribution in [0.1, 0.15) is 74.3 Å². The van der Waals surface area contributed by atoms with Crippen LogP contribution in [0.15, 0.2) is 413 Å². The Balaban J connectivity index is 0.000000134. The Morgan fingerprint density at radius 2 is 0.500 bits per heavy atom. The van der Waals surface area contributed by atoms with Crippen LogP contribution < -0.4 is 68.9 Å². The maximum atomic E-state index is 15.3. The van der Waals surface area contributed by atoms with Gasteiger partial charge in [0, 0.05) is 37.8 Å². The minimum atomic E-state index is -3.54. The van der Waals surface area contributed by atoms with Crippen LogP contribution in [0.2, 0.25) is 0 Å². The van der Waals surface area contributed by atoms with E-state index in [4.69, 9.17) is 10.4 Å². The van der Waals surface area contributed by atoms with Crippen molar-refractivity contribution >= 4 is 123 Å². The summed E-state index contributed by atoms with van der Waals surface area (Å²) in [5.74, 6) is -18.4. The fraction of sp³-hybridized carbons (Fsp3) is 0.125. The molecule has 17 aromatic rings. The molecule has 130 heavy (non-hydrogen) atoms. The van der Waals surface area contributed by atoms with Gasteiger partial charge in [0.2, 0.25) is 0 Å².